The molecule has 0 radical (unpaired) electrons. The number of fused-ring (bicyclic) bond motifs is 2. The van der Waals surface area contributed by atoms with Crippen LogP contribution in [0.3, 0.4) is 0 Å². The van der Waals surface area contributed by atoms with E-state index in [2.05, 4.69) is 85.4 Å². The smallest absolute Gasteiger partial charge is 0.0650 e. The molecule has 2 atom stereocenters. The molecule has 8 rings (SSSR count). The SMILES string of the molecule is CC1=C[C@@H](C2=NC=C(c3ccc(-c4ccc(C5=CN=C([C@@H]6C=C(C)CN6)C5)c5c4C4(CCCC4)CC5)cc3)C2)NC1. The highest BCUT2D eigenvalue weighted by atomic mass is 15.0. The summed E-state index contributed by atoms with van der Waals surface area (Å²) >= 11 is 0. The largest absolute Gasteiger partial charge is 0.302 e. The van der Waals surface area contributed by atoms with Crippen LogP contribution in [0.2, 0.25) is 0 Å². The van der Waals surface area contributed by atoms with Crippen LogP contribution in [0.25, 0.3) is 22.3 Å². The number of hydrogen-bond donors (Lipinski definition) is 2. The topological polar surface area (TPSA) is 48.8 Å². The fourth-order valence-electron chi connectivity index (χ4n) is 8.35. The molecule has 208 valence electrons. The van der Waals surface area contributed by atoms with E-state index in [0.29, 0.717) is 11.5 Å². The van der Waals surface area contributed by atoms with Gasteiger partial charge in [0.1, 0.15) is 0 Å². The minimum absolute atomic E-state index is 0.290. The predicted molar refractivity (Wildman–Crippen MR) is 171 cm³/mol. The van der Waals surface area contributed by atoms with Gasteiger partial charge in [-0.25, -0.2) is 0 Å². The Hall–Kier alpha value is -3.34. The molecule has 4 heterocycles. The highest BCUT2D eigenvalue weighted by Gasteiger charge is 2.44. The van der Waals surface area contributed by atoms with Crippen LogP contribution in [0.5, 0.6) is 0 Å². The fourth-order valence-corrected chi connectivity index (χ4v) is 8.35. The molecule has 1 saturated carbocycles. The van der Waals surface area contributed by atoms with Crippen LogP contribution in [0.1, 0.15) is 81.0 Å². The standard InChI is InChI=1S/C37H40N4/c1-23-15-32(38-19-23)34-17-27(21-40-34)25-5-7-26(8-6-25)30-10-9-29(31-11-14-37(36(30)31)12-3-4-13-37)28-18-35(41-22-28)33-16-24(2)20-39-33/h5-10,15-16,21-22,32-33,38-39H,3-4,11-14,17-20H2,1-2H3/t32-,33-/m0/s1. The maximum absolute atomic E-state index is 4.91. The van der Waals surface area contributed by atoms with Gasteiger partial charge in [-0.1, -0.05) is 72.5 Å². The van der Waals surface area contributed by atoms with Gasteiger partial charge < -0.3 is 10.6 Å². The monoisotopic (exact) mass is 540 g/mol. The highest BCUT2D eigenvalue weighted by molar-refractivity contribution is 6.04. The summed E-state index contributed by atoms with van der Waals surface area (Å²) in [5, 5.41) is 7.18. The molecule has 0 amide bonds. The first-order valence-corrected chi connectivity index (χ1v) is 15.7. The third-order valence-corrected chi connectivity index (χ3v) is 10.5. The molecule has 0 saturated heterocycles. The fraction of sp³-hybridized carbons (Fsp3) is 0.405. The third-order valence-electron chi connectivity index (χ3n) is 10.5. The predicted octanol–water partition coefficient (Wildman–Crippen LogP) is 7.32. The van der Waals surface area contributed by atoms with Gasteiger partial charge in [-0.05, 0) is 89.5 Å². The Kier molecular flexibility index (Phi) is 6.12. The van der Waals surface area contributed by atoms with Gasteiger partial charge in [0.05, 0.1) is 12.1 Å². The lowest BCUT2D eigenvalue weighted by molar-refractivity contribution is 0.440. The van der Waals surface area contributed by atoms with Crippen LogP contribution in [0.4, 0.5) is 0 Å². The second-order valence-corrected chi connectivity index (χ2v) is 13.2. The Labute approximate surface area is 244 Å². The van der Waals surface area contributed by atoms with Crippen molar-refractivity contribution in [1.82, 2.24) is 10.6 Å². The maximum atomic E-state index is 4.91. The molecular formula is C37H40N4. The van der Waals surface area contributed by atoms with Crippen molar-refractivity contribution in [1.29, 1.82) is 0 Å². The summed E-state index contributed by atoms with van der Waals surface area (Å²) in [7, 11) is 0. The molecule has 2 aromatic rings. The number of allylic oxidation sites excluding steroid dienone is 2. The number of rotatable bonds is 5. The van der Waals surface area contributed by atoms with Gasteiger partial charge in [-0.15, -0.1) is 0 Å². The molecule has 2 aromatic carbocycles. The average molecular weight is 541 g/mol. The zero-order valence-corrected chi connectivity index (χ0v) is 24.4. The first-order valence-electron chi connectivity index (χ1n) is 15.7. The van der Waals surface area contributed by atoms with Crippen LogP contribution in [-0.2, 0) is 11.8 Å². The zero-order chi connectivity index (χ0) is 27.6. The van der Waals surface area contributed by atoms with E-state index in [1.54, 1.807) is 11.1 Å². The Morgan fingerprint density at radius 3 is 1.90 bits per heavy atom. The van der Waals surface area contributed by atoms with Gasteiger partial charge >= 0.3 is 0 Å². The number of benzene rings is 2. The van der Waals surface area contributed by atoms with Crippen LogP contribution in [-0.4, -0.2) is 36.6 Å². The third kappa shape index (κ3) is 4.35. The number of nitrogens with one attached hydrogen (secondary N) is 2. The second kappa shape index (κ2) is 9.89. The lowest BCUT2D eigenvalue weighted by Crippen LogP contribution is -2.30. The van der Waals surface area contributed by atoms with Crippen molar-refractivity contribution in [2.45, 2.75) is 82.7 Å². The molecule has 4 nitrogen and oxygen atoms in total. The van der Waals surface area contributed by atoms with Gasteiger partial charge in [-0.3, -0.25) is 9.98 Å². The summed E-state index contributed by atoms with van der Waals surface area (Å²) in [6.45, 7) is 6.35. The van der Waals surface area contributed by atoms with Crippen molar-refractivity contribution < 1.29 is 0 Å². The number of hydrogen-bond acceptors (Lipinski definition) is 4. The van der Waals surface area contributed by atoms with E-state index >= 15 is 0 Å². The van der Waals surface area contributed by atoms with Crippen molar-refractivity contribution in [2.75, 3.05) is 13.1 Å². The van der Waals surface area contributed by atoms with Crippen molar-refractivity contribution >= 4 is 22.6 Å². The van der Waals surface area contributed by atoms with Crippen molar-refractivity contribution in [2.24, 2.45) is 9.98 Å². The molecule has 0 bridgehead atoms. The summed E-state index contributed by atoms with van der Waals surface area (Å²) < 4.78 is 0. The molecule has 2 aliphatic carbocycles. The molecule has 2 N–H and O–H groups in total. The molecule has 1 spiro atoms. The maximum Gasteiger partial charge on any atom is 0.0650 e. The second-order valence-electron chi connectivity index (χ2n) is 13.2. The van der Waals surface area contributed by atoms with Gasteiger partial charge in [0.2, 0.25) is 0 Å². The molecule has 4 heteroatoms. The Morgan fingerprint density at radius 1 is 0.683 bits per heavy atom. The lowest BCUT2D eigenvalue weighted by Gasteiger charge is -2.28. The van der Waals surface area contributed by atoms with Gasteiger partial charge in [0.25, 0.3) is 0 Å². The van der Waals surface area contributed by atoms with E-state index in [1.165, 1.54) is 94.5 Å². The first kappa shape index (κ1) is 25.4. The van der Waals surface area contributed by atoms with Crippen LogP contribution in [0, 0.1) is 0 Å². The summed E-state index contributed by atoms with van der Waals surface area (Å²) in [5.41, 5.74) is 17.2. The zero-order valence-electron chi connectivity index (χ0n) is 24.4. The van der Waals surface area contributed by atoms with Crippen LogP contribution >= 0.6 is 0 Å². The molecule has 6 aliphatic rings. The average Bonchev–Trinajstić information content (AvgIpc) is 3.83. The minimum atomic E-state index is 0.290. The molecular weight excluding hydrogens is 500 g/mol. The van der Waals surface area contributed by atoms with Gasteiger partial charge in [0, 0.05) is 49.8 Å². The van der Waals surface area contributed by atoms with Crippen molar-refractivity contribution in [3.8, 4) is 11.1 Å². The molecule has 4 aliphatic heterocycles. The van der Waals surface area contributed by atoms with E-state index in [1.807, 2.05) is 0 Å². The Morgan fingerprint density at radius 2 is 1.27 bits per heavy atom. The van der Waals surface area contributed by atoms with Crippen LogP contribution < -0.4 is 10.6 Å². The van der Waals surface area contributed by atoms with Crippen molar-refractivity contribution in [3.05, 3.63) is 94.4 Å². The highest BCUT2D eigenvalue weighted by Crippen LogP contribution is 2.55. The molecule has 0 unspecified atom stereocenters. The van der Waals surface area contributed by atoms with E-state index in [-0.39, 0.29) is 6.04 Å². The van der Waals surface area contributed by atoms with E-state index in [9.17, 15) is 0 Å². The van der Waals surface area contributed by atoms with Gasteiger partial charge in [0.15, 0.2) is 0 Å². The summed E-state index contributed by atoms with van der Waals surface area (Å²) in [6, 6.07) is 14.8. The van der Waals surface area contributed by atoms with E-state index in [0.717, 1.165) is 25.9 Å². The quantitative estimate of drug-likeness (QED) is 0.391. The summed E-state index contributed by atoms with van der Waals surface area (Å²) in [4.78, 5) is 9.71. The van der Waals surface area contributed by atoms with E-state index in [4.69, 9.17) is 9.98 Å². The molecule has 0 aromatic heterocycles. The summed E-state index contributed by atoms with van der Waals surface area (Å²) in [6.07, 6.45) is 18.7. The Bertz CT molecular complexity index is 1600. The lowest BCUT2D eigenvalue weighted by atomic mass is 9.76. The molecule has 1 fully saturated rings. The first-order chi connectivity index (χ1) is 20.1. The summed E-state index contributed by atoms with van der Waals surface area (Å²) in [5.74, 6) is 0. The normalized spacial score (nSPS) is 26.2. The van der Waals surface area contributed by atoms with Crippen molar-refractivity contribution in [3.63, 3.8) is 0 Å². The van der Waals surface area contributed by atoms with Gasteiger partial charge in [-0.2, -0.15) is 0 Å². The number of aliphatic imine (C=N–C) groups is 2. The molecule has 41 heavy (non-hydrogen) atoms. The Balaban J connectivity index is 1.08. The van der Waals surface area contributed by atoms with E-state index < -0.39 is 0 Å². The number of nitrogens with zero attached hydrogens (tertiary/aromatic N) is 2. The van der Waals surface area contributed by atoms with Crippen LogP contribution in [0.15, 0.2) is 82.1 Å². The minimum Gasteiger partial charge on any atom is -0.302 e.